The number of rotatable bonds is 4. The first-order chi connectivity index (χ1) is 11.1. The van der Waals surface area contributed by atoms with Crippen molar-refractivity contribution in [3.8, 4) is 0 Å². The van der Waals surface area contributed by atoms with Gasteiger partial charge in [0.05, 0.1) is 13.0 Å². The van der Waals surface area contributed by atoms with Gasteiger partial charge in [0, 0.05) is 25.7 Å². The van der Waals surface area contributed by atoms with E-state index in [-0.39, 0.29) is 17.4 Å². The Kier molecular flexibility index (Phi) is 5.02. The van der Waals surface area contributed by atoms with Gasteiger partial charge in [0.15, 0.2) is 0 Å². The fourth-order valence-corrected chi connectivity index (χ4v) is 4.58. The fourth-order valence-electron chi connectivity index (χ4n) is 3.91. The molecule has 0 radical (unpaired) electrons. The summed E-state index contributed by atoms with van der Waals surface area (Å²) >= 11 is 1.64. The van der Waals surface area contributed by atoms with Gasteiger partial charge in [-0.15, -0.1) is 0 Å². The number of likely N-dealkylation sites (tertiary alicyclic amines) is 2. The molecule has 0 saturated carbocycles. The van der Waals surface area contributed by atoms with E-state index in [9.17, 15) is 9.59 Å². The predicted molar refractivity (Wildman–Crippen MR) is 91.4 cm³/mol. The SMILES string of the molecule is CNC(=O)CN1CCCC12CCN(C(=O)Cc1ccsc1)CC2. The molecule has 2 saturated heterocycles. The van der Waals surface area contributed by atoms with Crippen LogP contribution in [-0.2, 0) is 16.0 Å². The Hall–Kier alpha value is -1.40. The topological polar surface area (TPSA) is 52.7 Å². The van der Waals surface area contributed by atoms with E-state index >= 15 is 0 Å². The lowest BCUT2D eigenvalue weighted by Gasteiger charge is -2.45. The van der Waals surface area contributed by atoms with Crippen molar-refractivity contribution in [2.24, 2.45) is 0 Å². The second-order valence-corrected chi connectivity index (χ2v) is 7.39. The highest BCUT2D eigenvalue weighted by Gasteiger charge is 2.44. The zero-order valence-corrected chi connectivity index (χ0v) is 14.5. The van der Waals surface area contributed by atoms with Crippen molar-refractivity contribution in [3.05, 3.63) is 22.4 Å². The summed E-state index contributed by atoms with van der Waals surface area (Å²) in [5, 5.41) is 6.79. The summed E-state index contributed by atoms with van der Waals surface area (Å²) in [4.78, 5) is 28.5. The molecule has 0 unspecified atom stereocenters. The van der Waals surface area contributed by atoms with Crippen molar-refractivity contribution < 1.29 is 9.59 Å². The molecule has 0 atom stereocenters. The van der Waals surface area contributed by atoms with E-state index in [1.54, 1.807) is 18.4 Å². The number of hydrogen-bond acceptors (Lipinski definition) is 4. The second kappa shape index (κ2) is 7.01. The van der Waals surface area contributed by atoms with Crippen molar-refractivity contribution >= 4 is 23.2 Å². The summed E-state index contributed by atoms with van der Waals surface area (Å²) in [6.45, 7) is 3.11. The monoisotopic (exact) mass is 335 g/mol. The van der Waals surface area contributed by atoms with Gasteiger partial charge in [-0.3, -0.25) is 14.5 Å². The van der Waals surface area contributed by atoms with Crippen LogP contribution in [-0.4, -0.2) is 60.4 Å². The smallest absolute Gasteiger partial charge is 0.233 e. The van der Waals surface area contributed by atoms with Crippen LogP contribution in [0, 0.1) is 0 Å². The Labute approximate surface area is 141 Å². The Balaban J connectivity index is 1.56. The number of amides is 2. The minimum Gasteiger partial charge on any atom is -0.358 e. The molecular weight excluding hydrogens is 310 g/mol. The fraction of sp³-hybridized carbons (Fsp3) is 0.647. The molecule has 23 heavy (non-hydrogen) atoms. The van der Waals surface area contributed by atoms with Crippen molar-refractivity contribution in [3.63, 3.8) is 0 Å². The molecule has 2 aliphatic heterocycles. The molecule has 2 fully saturated rings. The molecule has 6 heteroatoms. The van der Waals surface area contributed by atoms with E-state index in [0.717, 1.165) is 50.9 Å². The highest BCUT2D eigenvalue weighted by molar-refractivity contribution is 7.07. The van der Waals surface area contributed by atoms with Crippen molar-refractivity contribution in [2.45, 2.75) is 37.6 Å². The van der Waals surface area contributed by atoms with Crippen LogP contribution in [0.5, 0.6) is 0 Å². The highest BCUT2D eigenvalue weighted by Crippen LogP contribution is 2.38. The van der Waals surface area contributed by atoms with Crippen LogP contribution in [0.25, 0.3) is 0 Å². The first-order valence-electron chi connectivity index (χ1n) is 8.37. The van der Waals surface area contributed by atoms with Gasteiger partial charge in [-0.2, -0.15) is 11.3 Å². The Morgan fingerprint density at radius 2 is 2.04 bits per heavy atom. The van der Waals surface area contributed by atoms with Crippen molar-refractivity contribution in [1.29, 1.82) is 0 Å². The van der Waals surface area contributed by atoms with E-state index in [0.29, 0.717) is 13.0 Å². The number of nitrogens with zero attached hydrogens (tertiary/aromatic N) is 2. The van der Waals surface area contributed by atoms with Crippen LogP contribution in [0.4, 0.5) is 0 Å². The molecule has 1 aromatic rings. The van der Waals surface area contributed by atoms with E-state index in [1.165, 1.54) is 0 Å². The van der Waals surface area contributed by atoms with Gasteiger partial charge in [-0.1, -0.05) is 0 Å². The van der Waals surface area contributed by atoms with Crippen LogP contribution in [0.3, 0.4) is 0 Å². The Bertz CT molecular complexity index is 550. The van der Waals surface area contributed by atoms with Crippen molar-refractivity contribution in [2.75, 3.05) is 33.2 Å². The molecule has 2 amide bonds. The average Bonchev–Trinajstić information content (AvgIpc) is 3.19. The van der Waals surface area contributed by atoms with Gasteiger partial charge in [0.2, 0.25) is 11.8 Å². The number of likely N-dealkylation sites (N-methyl/N-ethyl adjacent to an activating group) is 1. The molecule has 1 spiro atoms. The zero-order chi connectivity index (χ0) is 16.3. The number of nitrogens with one attached hydrogen (secondary N) is 1. The summed E-state index contributed by atoms with van der Waals surface area (Å²) in [5.74, 6) is 0.316. The molecule has 0 aromatic carbocycles. The minimum atomic E-state index is 0.0854. The average molecular weight is 335 g/mol. The first kappa shape index (κ1) is 16.5. The van der Waals surface area contributed by atoms with Gasteiger partial charge in [0.25, 0.3) is 0 Å². The number of hydrogen-bond donors (Lipinski definition) is 1. The maximum absolute atomic E-state index is 12.4. The molecule has 1 N–H and O–H groups in total. The summed E-state index contributed by atoms with van der Waals surface area (Å²) in [5.41, 5.74) is 1.24. The summed E-state index contributed by atoms with van der Waals surface area (Å²) in [6.07, 6.45) is 4.79. The number of carbonyl (C=O) groups excluding carboxylic acids is 2. The normalized spacial score (nSPS) is 20.8. The minimum absolute atomic E-state index is 0.0854. The van der Waals surface area contributed by atoms with Crippen LogP contribution >= 0.6 is 11.3 Å². The third kappa shape index (κ3) is 3.58. The highest BCUT2D eigenvalue weighted by atomic mass is 32.1. The van der Waals surface area contributed by atoms with E-state index in [4.69, 9.17) is 0 Å². The van der Waals surface area contributed by atoms with Crippen molar-refractivity contribution in [1.82, 2.24) is 15.1 Å². The largest absolute Gasteiger partial charge is 0.358 e. The van der Waals surface area contributed by atoms with Crippen LogP contribution in [0.1, 0.15) is 31.2 Å². The third-order valence-electron chi connectivity index (χ3n) is 5.34. The van der Waals surface area contributed by atoms with E-state index in [2.05, 4.69) is 10.2 Å². The first-order valence-corrected chi connectivity index (χ1v) is 9.32. The molecule has 3 heterocycles. The molecule has 126 valence electrons. The maximum Gasteiger partial charge on any atom is 0.233 e. The quantitative estimate of drug-likeness (QED) is 0.907. The summed E-state index contributed by atoms with van der Waals surface area (Å²) in [6, 6.07) is 2.02. The van der Waals surface area contributed by atoms with Crippen LogP contribution < -0.4 is 5.32 Å². The number of thiophene rings is 1. The Morgan fingerprint density at radius 1 is 1.26 bits per heavy atom. The zero-order valence-electron chi connectivity index (χ0n) is 13.7. The van der Waals surface area contributed by atoms with Gasteiger partial charge < -0.3 is 10.2 Å². The molecule has 5 nitrogen and oxygen atoms in total. The van der Waals surface area contributed by atoms with Gasteiger partial charge >= 0.3 is 0 Å². The van der Waals surface area contributed by atoms with Gasteiger partial charge in [-0.25, -0.2) is 0 Å². The standard InChI is InChI=1S/C17H25N3O2S/c1-18-15(21)12-20-7-2-4-17(20)5-8-19(9-6-17)16(22)11-14-3-10-23-13-14/h3,10,13H,2,4-9,11-12H2,1H3,(H,18,21). The lowest BCUT2D eigenvalue weighted by Crippen LogP contribution is -2.55. The predicted octanol–water partition coefficient (Wildman–Crippen LogP) is 1.49. The van der Waals surface area contributed by atoms with Crippen LogP contribution in [0.15, 0.2) is 16.8 Å². The van der Waals surface area contributed by atoms with Gasteiger partial charge in [-0.05, 0) is 54.6 Å². The Morgan fingerprint density at radius 3 is 2.70 bits per heavy atom. The lowest BCUT2D eigenvalue weighted by atomic mass is 9.84. The molecule has 0 bridgehead atoms. The van der Waals surface area contributed by atoms with E-state index in [1.807, 2.05) is 21.7 Å². The second-order valence-electron chi connectivity index (χ2n) is 6.61. The molecule has 2 aliphatic rings. The molecule has 1 aromatic heterocycles. The summed E-state index contributed by atoms with van der Waals surface area (Å²) in [7, 11) is 1.69. The van der Waals surface area contributed by atoms with Gasteiger partial charge in [0.1, 0.15) is 0 Å². The number of piperidine rings is 1. The van der Waals surface area contributed by atoms with E-state index < -0.39 is 0 Å². The molecule has 0 aliphatic carbocycles. The number of carbonyl (C=O) groups is 2. The maximum atomic E-state index is 12.4. The lowest BCUT2D eigenvalue weighted by molar-refractivity contribution is -0.134. The molecular formula is C17H25N3O2S. The molecule has 3 rings (SSSR count). The summed E-state index contributed by atoms with van der Waals surface area (Å²) < 4.78 is 0. The van der Waals surface area contributed by atoms with Crippen LogP contribution in [0.2, 0.25) is 0 Å². The third-order valence-corrected chi connectivity index (χ3v) is 6.07.